The van der Waals surface area contributed by atoms with Crippen molar-refractivity contribution in [1.82, 2.24) is 20.2 Å². The van der Waals surface area contributed by atoms with Crippen molar-refractivity contribution >= 4 is 11.8 Å². The summed E-state index contributed by atoms with van der Waals surface area (Å²) in [6.45, 7) is 3.59. The Hall–Kier alpha value is -2.44. The first-order valence-electron chi connectivity index (χ1n) is 8.20. The van der Waals surface area contributed by atoms with E-state index in [0.717, 1.165) is 49.1 Å². The van der Waals surface area contributed by atoms with Crippen LogP contribution < -0.4 is 15.4 Å². The van der Waals surface area contributed by atoms with Crippen LogP contribution in [-0.2, 0) is 13.0 Å². The summed E-state index contributed by atoms with van der Waals surface area (Å²) in [6, 6.07) is 3.58. The van der Waals surface area contributed by atoms with Crippen LogP contribution in [-0.4, -0.2) is 39.8 Å². The molecule has 2 aromatic heterocycles. The van der Waals surface area contributed by atoms with Gasteiger partial charge in [0, 0.05) is 50.4 Å². The molecule has 0 spiro atoms. The number of hydrogen-bond acceptors (Lipinski definition) is 6. The van der Waals surface area contributed by atoms with Crippen molar-refractivity contribution < 1.29 is 0 Å². The van der Waals surface area contributed by atoms with E-state index in [9.17, 15) is 4.79 Å². The Morgan fingerprint density at radius 2 is 1.96 bits per heavy atom. The lowest BCUT2D eigenvalue weighted by Crippen LogP contribution is -2.34. The number of nitrogens with one attached hydrogen (secondary N) is 1. The monoisotopic (exact) mass is 312 g/mol. The number of hydrogen-bond donors (Lipinski definition) is 1. The maximum Gasteiger partial charge on any atom is 0.264 e. The largest absolute Gasteiger partial charge is 0.352 e. The first-order valence-corrected chi connectivity index (χ1v) is 8.20. The first kappa shape index (κ1) is 14.2. The molecule has 4 rings (SSSR count). The van der Waals surface area contributed by atoms with E-state index in [4.69, 9.17) is 4.98 Å². The van der Waals surface area contributed by atoms with Crippen molar-refractivity contribution in [1.29, 1.82) is 0 Å². The summed E-state index contributed by atoms with van der Waals surface area (Å²) in [5, 5.41) is 6.64. The number of H-pyrrole nitrogens is 1. The fourth-order valence-electron chi connectivity index (χ4n) is 3.30. The molecular weight excluding hydrogens is 292 g/mol. The Morgan fingerprint density at radius 1 is 1.09 bits per heavy atom. The molecule has 0 saturated carbocycles. The van der Waals surface area contributed by atoms with Gasteiger partial charge in [0.1, 0.15) is 5.82 Å². The smallest absolute Gasteiger partial charge is 0.264 e. The molecule has 0 aromatic carbocycles. The van der Waals surface area contributed by atoms with Gasteiger partial charge in [-0.25, -0.2) is 10.1 Å². The lowest BCUT2D eigenvalue weighted by molar-refractivity contribution is 0.567. The molecule has 0 bridgehead atoms. The molecule has 0 atom stereocenters. The van der Waals surface area contributed by atoms with Gasteiger partial charge in [-0.15, -0.1) is 0 Å². The van der Waals surface area contributed by atoms with Crippen LogP contribution >= 0.6 is 0 Å². The predicted molar refractivity (Wildman–Crippen MR) is 87.7 cm³/mol. The standard InChI is InChI=1S/C16H20N6O/c23-15-10-12-11-22(9-5-13(12)19-20-15)14-4-6-17-16(18-14)21-7-2-1-3-8-21/h4,6,10H,1-3,5,7-9,11H2,(H,20,23). The van der Waals surface area contributed by atoms with Crippen molar-refractivity contribution in [3.8, 4) is 0 Å². The summed E-state index contributed by atoms with van der Waals surface area (Å²) in [6.07, 6.45) is 6.35. The molecule has 120 valence electrons. The number of aromatic amines is 1. The average Bonchev–Trinajstić information content (AvgIpc) is 2.62. The van der Waals surface area contributed by atoms with E-state index in [1.165, 1.54) is 19.3 Å². The second kappa shape index (κ2) is 5.98. The third kappa shape index (κ3) is 2.91. The summed E-state index contributed by atoms with van der Waals surface area (Å²) in [7, 11) is 0. The van der Waals surface area contributed by atoms with Crippen LogP contribution in [0.25, 0.3) is 0 Å². The molecule has 0 radical (unpaired) electrons. The van der Waals surface area contributed by atoms with Gasteiger partial charge in [0.2, 0.25) is 5.95 Å². The quantitative estimate of drug-likeness (QED) is 0.895. The van der Waals surface area contributed by atoms with E-state index in [-0.39, 0.29) is 5.56 Å². The number of rotatable bonds is 2. The van der Waals surface area contributed by atoms with Gasteiger partial charge in [0.15, 0.2) is 0 Å². The third-order valence-electron chi connectivity index (χ3n) is 4.55. The van der Waals surface area contributed by atoms with Crippen LogP contribution in [0.3, 0.4) is 0 Å². The minimum Gasteiger partial charge on any atom is -0.352 e. The van der Waals surface area contributed by atoms with Gasteiger partial charge >= 0.3 is 0 Å². The van der Waals surface area contributed by atoms with Crippen molar-refractivity contribution in [3.05, 3.63) is 39.9 Å². The van der Waals surface area contributed by atoms with Gasteiger partial charge in [-0.05, 0) is 25.3 Å². The Balaban J connectivity index is 1.57. The maximum absolute atomic E-state index is 11.5. The zero-order valence-corrected chi connectivity index (χ0v) is 13.0. The molecule has 0 unspecified atom stereocenters. The van der Waals surface area contributed by atoms with E-state index in [2.05, 4.69) is 25.0 Å². The third-order valence-corrected chi connectivity index (χ3v) is 4.55. The highest BCUT2D eigenvalue weighted by molar-refractivity contribution is 5.46. The molecule has 23 heavy (non-hydrogen) atoms. The Morgan fingerprint density at radius 3 is 2.83 bits per heavy atom. The Kier molecular flexibility index (Phi) is 3.69. The predicted octanol–water partition coefficient (Wildman–Crippen LogP) is 1.11. The normalized spacial score (nSPS) is 17.9. The number of aromatic nitrogens is 4. The molecule has 0 aliphatic carbocycles. The summed E-state index contributed by atoms with van der Waals surface area (Å²) in [5.41, 5.74) is 1.81. The van der Waals surface area contributed by atoms with Gasteiger partial charge in [0.25, 0.3) is 5.56 Å². The molecule has 0 amide bonds. The molecule has 2 aromatic rings. The fraction of sp³-hybridized carbons (Fsp3) is 0.500. The highest BCUT2D eigenvalue weighted by Gasteiger charge is 2.20. The first-order chi connectivity index (χ1) is 11.3. The van der Waals surface area contributed by atoms with E-state index in [1.807, 2.05) is 12.3 Å². The van der Waals surface area contributed by atoms with Crippen molar-refractivity contribution in [3.63, 3.8) is 0 Å². The van der Waals surface area contributed by atoms with Gasteiger partial charge in [-0.1, -0.05) is 0 Å². The van der Waals surface area contributed by atoms with Crippen molar-refractivity contribution in [2.45, 2.75) is 32.2 Å². The second-order valence-corrected chi connectivity index (χ2v) is 6.14. The van der Waals surface area contributed by atoms with Crippen LogP contribution in [0.2, 0.25) is 0 Å². The van der Waals surface area contributed by atoms with Crippen LogP contribution in [0, 0.1) is 0 Å². The van der Waals surface area contributed by atoms with Gasteiger partial charge in [0.05, 0.1) is 5.69 Å². The topological polar surface area (TPSA) is 78.0 Å². The highest BCUT2D eigenvalue weighted by Crippen LogP contribution is 2.23. The average molecular weight is 312 g/mol. The van der Waals surface area contributed by atoms with Gasteiger partial charge in [-0.2, -0.15) is 10.1 Å². The van der Waals surface area contributed by atoms with E-state index in [1.54, 1.807) is 6.07 Å². The molecule has 1 N–H and O–H groups in total. The number of nitrogens with zero attached hydrogens (tertiary/aromatic N) is 5. The van der Waals surface area contributed by atoms with Crippen LogP contribution in [0.4, 0.5) is 11.8 Å². The highest BCUT2D eigenvalue weighted by atomic mass is 16.1. The van der Waals surface area contributed by atoms with Gasteiger partial charge in [-0.3, -0.25) is 4.79 Å². The van der Waals surface area contributed by atoms with E-state index >= 15 is 0 Å². The minimum absolute atomic E-state index is 0.151. The lowest BCUT2D eigenvalue weighted by atomic mass is 10.1. The molecule has 7 nitrogen and oxygen atoms in total. The maximum atomic E-state index is 11.5. The molecule has 2 aliphatic heterocycles. The summed E-state index contributed by atoms with van der Waals surface area (Å²) in [5.74, 6) is 1.74. The number of piperidine rings is 1. The van der Waals surface area contributed by atoms with E-state index in [0.29, 0.717) is 6.54 Å². The zero-order chi connectivity index (χ0) is 15.6. The molecule has 2 aliphatic rings. The Labute approximate surface area is 134 Å². The molecule has 1 fully saturated rings. The number of fused-ring (bicyclic) bond motifs is 1. The second-order valence-electron chi connectivity index (χ2n) is 6.14. The molecule has 1 saturated heterocycles. The summed E-state index contributed by atoms with van der Waals surface area (Å²) in [4.78, 5) is 25.1. The molecular formula is C16H20N6O. The Bertz CT molecular complexity index is 752. The fourth-order valence-corrected chi connectivity index (χ4v) is 3.30. The molecule has 7 heteroatoms. The van der Waals surface area contributed by atoms with Crippen LogP contribution in [0.1, 0.15) is 30.5 Å². The van der Waals surface area contributed by atoms with Crippen molar-refractivity contribution in [2.24, 2.45) is 0 Å². The van der Waals surface area contributed by atoms with E-state index < -0.39 is 0 Å². The molecule has 4 heterocycles. The lowest BCUT2D eigenvalue weighted by Gasteiger charge is -2.30. The number of anilines is 2. The van der Waals surface area contributed by atoms with Crippen molar-refractivity contribution in [2.75, 3.05) is 29.4 Å². The van der Waals surface area contributed by atoms with Crippen LogP contribution in [0.15, 0.2) is 23.1 Å². The SMILES string of the molecule is O=c1cc2c(n[nH]1)CCN(c1ccnc(N3CCCCC3)n1)C2. The minimum atomic E-state index is -0.151. The van der Waals surface area contributed by atoms with Gasteiger partial charge < -0.3 is 9.80 Å². The summed E-state index contributed by atoms with van der Waals surface area (Å²) < 4.78 is 0. The van der Waals surface area contributed by atoms with Crippen LogP contribution in [0.5, 0.6) is 0 Å². The zero-order valence-electron chi connectivity index (χ0n) is 13.0. The summed E-state index contributed by atoms with van der Waals surface area (Å²) >= 11 is 0.